The molecule has 16 heavy (non-hydrogen) atoms. The second-order valence-corrected chi connectivity index (χ2v) is 2.85. The zero-order valence-corrected chi connectivity index (χ0v) is 8.84. The topological polar surface area (TPSA) is 61.8 Å². The van der Waals surface area contributed by atoms with E-state index >= 15 is 0 Å². The van der Waals surface area contributed by atoms with E-state index in [4.69, 9.17) is 4.74 Å². The summed E-state index contributed by atoms with van der Waals surface area (Å²) in [5.41, 5.74) is 0. The third-order valence-electron chi connectivity index (χ3n) is 1.55. The number of carbonyl (C=O) groups excluding carboxylic acids is 2. The molecule has 0 aliphatic heterocycles. The van der Waals surface area contributed by atoms with Crippen molar-refractivity contribution in [1.29, 1.82) is 0 Å². The highest BCUT2D eigenvalue weighted by molar-refractivity contribution is 5.66. The summed E-state index contributed by atoms with van der Waals surface area (Å²) in [7, 11) is 0. The predicted octanol–water partition coefficient (Wildman–Crippen LogP) is 1.77. The first-order chi connectivity index (χ1) is 7.68. The summed E-state index contributed by atoms with van der Waals surface area (Å²) in [6, 6.07) is 8.54. The molecule has 0 saturated heterocycles. The summed E-state index contributed by atoms with van der Waals surface area (Å²) in [6.45, 7) is 1.28. The van der Waals surface area contributed by atoms with Crippen LogP contribution >= 0.6 is 0 Å². The molecular formula is C11H12O5. The highest BCUT2D eigenvalue weighted by Crippen LogP contribution is 2.08. The van der Waals surface area contributed by atoms with Gasteiger partial charge in [0.25, 0.3) is 0 Å². The van der Waals surface area contributed by atoms with Gasteiger partial charge in [-0.1, -0.05) is 18.2 Å². The Kier molecular flexibility index (Phi) is 4.85. The quantitative estimate of drug-likeness (QED) is 0.443. The van der Waals surface area contributed by atoms with E-state index in [9.17, 15) is 9.59 Å². The zero-order chi connectivity index (χ0) is 11.8. The van der Waals surface area contributed by atoms with Crippen LogP contribution in [0, 0.1) is 0 Å². The lowest BCUT2D eigenvalue weighted by molar-refractivity contribution is -0.142. The van der Waals surface area contributed by atoms with E-state index in [0.717, 1.165) is 0 Å². The standard InChI is InChI=1S/C11H12O5/c1-9(12)14-7-8-15-11(13)16-10-5-3-2-4-6-10/h2-6H,7-8H2,1H3. The fourth-order valence-electron chi connectivity index (χ4n) is 0.925. The molecule has 5 nitrogen and oxygen atoms in total. The number of ether oxygens (including phenoxy) is 3. The smallest absolute Gasteiger partial charge is 0.462 e. The van der Waals surface area contributed by atoms with E-state index in [1.807, 2.05) is 0 Å². The molecule has 0 bridgehead atoms. The van der Waals surface area contributed by atoms with Crippen molar-refractivity contribution in [2.75, 3.05) is 13.2 Å². The zero-order valence-electron chi connectivity index (χ0n) is 8.84. The van der Waals surface area contributed by atoms with Gasteiger partial charge in [-0.2, -0.15) is 0 Å². The van der Waals surface area contributed by atoms with Crippen molar-refractivity contribution in [3.8, 4) is 5.75 Å². The normalized spacial score (nSPS) is 9.31. The van der Waals surface area contributed by atoms with Gasteiger partial charge in [-0.15, -0.1) is 0 Å². The number of rotatable bonds is 4. The van der Waals surface area contributed by atoms with Gasteiger partial charge in [-0.05, 0) is 12.1 Å². The van der Waals surface area contributed by atoms with E-state index in [1.54, 1.807) is 30.3 Å². The Morgan fingerprint density at radius 3 is 2.31 bits per heavy atom. The lowest BCUT2D eigenvalue weighted by Gasteiger charge is -2.05. The molecule has 0 spiro atoms. The highest BCUT2D eigenvalue weighted by atomic mass is 16.7. The molecular weight excluding hydrogens is 212 g/mol. The van der Waals surface area contributed by atoms with Gasteiger partial charge in [0.1, 0.15) is 19.0 Å². The first-order valence-electron chi connectivity index (χ1n) is 4.71. The summed E-state index contributed by atoms with van der Waals surface area (Å²) >= 11 is 0. The van der Waals surface area contributed by atoms with E-state index in [-0.39, 0.29) is 13.2 Å². The van der Waals surface area contributed by atoms with Crippen molar-refractivity contribution >= 4 is 12.1 Å². The van der Waals surface area contributed by atoms with Crippen LogP contribution in [0.4, 0.5) is 4.79 Å². The third kappa shape index (κ3) is 4.99. The molecule has 0 heterocycles. The third-order valence-corrected chi connectivity index (χ3v) is 1.55. The molecule has 0 aliphatic carbocycles. The number of hydrogen-bond acceptors (Lipinski definition) is 5. The molecule has 0 unspecified atom stereocenters. The number of esters is 1. The van der Waals surface area contributed by atoms with Crippen LogP contribution < -0.4 is 4.74 Å². The largest absolute Gasteiger partial charge is 0.513 e. The second-order valence-electron chi connectivity index (χ2n) is 2.85. The molecule has 0 atom stereocenters. The Hall–Kier alpha value is -2.04. The highest BCUT2D eigenvalue weighted by Gasteiger charge is 2.05. The molecule has 0 radical (unpaired) electrons. The van der Waals surface area contributed by atoms with Gasteiger partial charge in [0.05, 0.1) is 0 Å². The number of carbonyl (C=O) groups is 2. The summed E-state index contributed by atoms with van der Waals surface area (Å²) in [6.07, 6.45) is -0.821. The molecule has 0 aromatic heterocycles. The van der Waals surface area contributed by atoms with Crippen molar-refractivity contribution in [1.82, 2.24) is 0 Å². The van der Waals surface area contributed by atoms with Crippen LogP contribution in [-0.4, -0.2) is 25.3 Å². The first-order valence-corrected chi connectivity index (χ1v) is 4.71. The van der Waals surface area contributed by atoms with E-state index in [0.29, 0.717) is 5.75 Å². The minimum Gasteiger partial charge on any atom is -0.462 e. The second kappa shape index (κ2) is 6.44. The van der Waals surface area contributed by atoms with Gasteiger partial charge in [0.15, 0.2) is 0 Å². The maximum absolute atomic E-state index is 11.1. The maximum Gasteiger partial charge on any atom is 0.513 e. The first kappa shape index (κ1) is 12.0. The van der Waals surface area contributed by atoms with Crippen LogP contribution in [0.3, 0.4) is 0 Å². The average Bonchev–Trinajstić information content (AvgIpc) is 2.25. The minimum atomic E-state index is -0.821. The van der Waals surface area contributed by atoms with Gasteiger partial charge >= 0.3 is 12.1 Å². The van der Waals surface area contributed by atoms with Crippen LogP contribution in [0.15, 0.2) is 30.3 Å². The number of hydrogen-bond donors (Lipinski definition) is 0. The molecule has 1 rings (SSSR count). The lowest BCUT2D eigenvalue weighted by atomic mass is 10.3. The molecule has 0 aliphatic rings. The predicted molar refractivity (Wildman–Crippen MR) is 55.1 cm³/mol. The van der Waals surface area contributed by atoms with Crippen molar-refractivity contribution in [2.24, 2.45) is 0 Å². The van der Waals surface area contributed by atoms with Gasteiger partial charge < -0.3 is 14.2 Å². The van der Waals surface area contributed by atoms with Crippen molar-refractivity contribution < 1.29 is 23.8 Å². The molecule has 86 valence electrons. The Balaban J connectivity index is 2.19. The van der Waals surface area contributed by atoms with E-state index in [1.165, 1.54) is 6.92 Å². The lowest BCUT2D eigenvalue weighted by Crippen LogP contribution is -2.15. The number of para-hydroxylation sites is 1. The van der Waals surface area contributed by atoms with E-state index < -0.39 is 12.1 Å². The SMILES string of the molecule is CC(=O)OCCOC(=O)Oc1ccccc1. The Morgan fingerprint density at radius 2 is 1.69 bits per heavy atom. The van der Waals surface area contributed by atoms with Crippen molar-refractivity contribution in [3.63, 3.8) is 0 Å². The van der Waals surface area contributed by atoms with Crippen molar-refractivity contribution in [2.45, 2.75) is 6.92 Å². The van der Waals surface area contributed by atoms with Crippen molar-refractivity contribution in [3.05, 3.63) is 30.3 Å². The average molecular weight is 224 g/mol. The summed E-state index contributed by atoms with van der Waals surface area (Å²) < 4.78 is 14.0. The fourth-order valence-corrected chi connectivity index (χ4v) is 0.925. The van der Waals surface area contributed by atoms with Crippen LogP contribution in [0.2, 0.25) is 0 Å². The molecule has 0 amide bonds. The fraction of sp³-hybridized carbons (Fsp3) is 0.273. The summed E-state index contributed by atoms with van der Waals surface area (Å²) in [5.74, 6) is -0.0139. The van der Waals surface area contributed by atoms with Gasteiger partial charge in [-0.25, -0.2) is 4.79 Å². The van der Waals surface area contributed by atoms with Crippen LogP contribution in [0.5, 0.6) is 5.75 Å². The molecule has 1 aromatic rings. The maximum atomic E-state index is 11.1. The summed E-state index contributed by atoms with van der Waals surface area (Å²) in [5, 5.41) is 0. The Bertz CT molecular complexity index is 347. The molecule has 1 aromatic carbocycles. The molecule has 5 heteroatoms. The van der Waals surface area contributed by atoms with Crippen LogP contribution in [0.25, 0.3) is 0 Å². The van der Waals surface area contributed by atoms with Crippen LogP contribution in [0.1, 0.15) is 6.92 Å². The van der Waals surface area contributed by atoms with E-state index in [2.05, 4.69) is 9.47 Å². The van der Waals surface area contributed by atoms with Gasteiger partial charge in [0, 0.05) is 6.92 Å². The Labute approximate surface area is 92.9 Å². The van der Waals surface area contributed by atoms with Gasteiger partial charge in [-0.3, -0.25) is 4.79 Å². The Morgan fingerprint density at radius 1 is 1.06 bits per heavy atom. The minimum absolute atomic E-state index is 0.0226. The molecule has 0 saturated carbocycles. The monoisotopic (exact) mass is 224 g/mol. The molecule has 0 N–H and O–H groups in total. The van der Waals surface area contributed by atoms with Crippen LogP contribution in [-0.2, 0) is 14.3 Å². The number of benzene rings is 1. The van der Waals surface area contributed by atoms with Gasteiger partial charge in [0.2, 0.25) is 0 Å². The summed E-state index contributed by atoms with van der Waals surface area (Å²) in [4.78, 5) is 21.5. The molecule has 0 fully saturated rings.